The molecule has 29 heteroatoms. The van der Waals surface area contributed by atoms with Crippen LogP contribution in [-0.2, 0) is 121 Å². The molecule has 1 unspecified atom stereocenters. The Bertz CT molecular complexity index is 5750. The first-order valence-electron chi connectivity index (χ1n) is 36.6. The maximum absolute atomic E-state index is 13.4. The van der Waals surface area contributed by atoms with Gasteiger partial charge < -0.3 is 64.4 Å². The summed E-state index contributed by atoms with van der Waals surface area (Å²) in [5.41, 5.74) is 12.1. The fourth-order valence-electron chi connectivity index (χ4n) is 10.6. The van der Waals surface area contributed by atoms with Crippen molar-refractivity contribution >= 4 is 22.7 Å². The third-order valence-electron chi connectivity index (χ3n) is 16.2. The molecule has 0 saturated carbocycles. The maximum atomic E-state index is 13.4. The van der Waals surface area contributed by atoms with Crippen molar-refractivity contribution < 1.29 is 184 Å². The zero-order valence-electron chi connectivity index (χ0n) is 67.7. The Hall–Kier alpha value is -11.1. The van der Waals surface area contributed by atoms with E-state index in [0.29, 0.717) is 28.5 Å². The van der Waals surface area contributed by atoms with Gasteiger partial charge in [-0.1, -0.05) is 120 Å². The largest absolute Gasteiger partial charge is 0.513 e. The van der Waals surface area contributed by atoms with E-state index < -0.39 is 41.0 Å². The van der Waals surface area contributed by atoms with Gasteiger partial charge in [0.2, 0.25) is 0 Å². The van der Waals surface area contributed by atoms with Crippen molar-refractivity contribution in [1.29, 1.82) is 0 Å². The second kappa shape index (κ2) is 58.3. The molecule has 0 aliphatic rings. The molecule has 7 aromatic heterocycles. The van der Waals surface area contributed by atoms with Crippen molar-refractivity contribution in [1.82, 2.24) is 34.9 Å². The zero-order chi connectivity index (χ0) is 86.4. The molecule has 0 fully saturated rings. The molecule has 0 aliphatic heterocycles. The number of hydrogen-bond acceptors (Lipinski definition) is 13. The van der Waals surface area contributed by atoms with Gasteiger partial charge in [-0.25, -0.2) is 0 Å². The fourth-order valence-corrected chi connectivity index (χ4v) is 10.6. The number of pyridine rings is 7. The molecule has 1 atom stereocenters. The molecule has 0 bridgehead atoms. The van der Waals surface area contributed by atoms with Crippen LogP contribution in [0.2, 0.25) is 0 Å². The molecule has 0 aliphatic carbocycles. The molecule has 16 rings (SSSR count). The number of allylic oxidation sites excluding steroid dienone is 1. The van der Waals surface area contributed by atoms with Gasteiger partial charge in [0.15, 0.2) is 0 Å². The summed E-state index contributed by atoms with van der Waals surface area (Å²) in [7, 11) is 7.03. The van der Waals surface area contributed by atoms with Crippen molar-refractivity contribution in [3.05, 3.63) is 429 Å². The van der Waals surface area contributed by atoms with Crippen LogP contribution in [0, 0.1) is 101 Å². The molecule has 127 heavy (non-hydrogen) atoms. The van der Waals surface area contributed by atoms with Gasteiger partial charge in [-0.2, -0.15) is 0 Å². The number of ether oxygens (including phenoxy) is 2. The summed E-state index contributed by atoms with van der Waals surface area (Å²) in [5, 5.41) is 16.9. The quantitative estimate of drug-likeness (QED) is 0.0603. The van der Waals surface area contributed by atoms with E-state index in [-0.39, 0.29) is 166 Å². The first-order chi connectivity index (χ1) is 58.5. The first-order valence-corrected chi connectivity index (χ1v) is 36.6. The van der Waals surface area contributed by atoms with Crippen LogP contribution in [0.15, 0.2) is 328 Å². The number of nitrogens with zero attached hydrogens (tertiary/aromatic N) is 9. The van der Waals surface area contributed by atoms with Crippen molar-refractivity contribution in [3.63, 3.8) is 0 Å². The molecule has 0 amide bonds. The average Bonchev–Trinajstić information content (AvgIpc) is 0.804. The molecule has 9 aromatic carbocycles. The Morgan fingerprint density at radius 3 is 0.913 bits per heavy atom. The normalized spacial score (nSPS) is 10.1. The van der Waals surface area contributed by atoms with Crippen molar-refractivity contribution in [2.75, 3.05) is 38.1 Å². The minimum absolute atomic E-state index is 0. The third-order valence-corrected chi connectivity index (χ3v) is 16.2. The van der Waals surface area contributed by atoms with Crippen molar-refractivity contribution in [3.8, 4) is 90.3 Å². The number of benzene rings is 9. The summed E-state index contributed by atoms with van der Waals surface area (Å²) in [4.78, 5) is 33.0. The first kappa shape index (κ1) is 110. The number of anilines is 4. The Balaban J connectivity index is 0.000000379. The third kappa shape index (κ3) is 36.7. The Morgan fingerprint density at radius 1 is 0.315 bits per heavy atom. The Kier molecular flexibility index (Phi) is 50.6. The van der Waals surface area contributed by atoms with E-state index in [4.69, 9.17) is 19.7 Å². The van der Waals surface area contributed by atoms with Crippen LogP contribution in [0.4, 0.5) is 66.7 Å². The summed E-state index contributed by atoms with van der Waals surface area (Å²) in [6.45, 7) is 3.10. The Labute approximate surface area is 811 Å². The number of aliphatic hydroxyl groups excluding tert-OH is 2. The van der Waals surface area contributed by atoms with Gasteiger partial charge in [0.1, 0.15) is 11.5 Å². The second-order valence-corrected chi connectivity index (χ2v) is 25.4. The van der Waals surface area contributed by atoms with E-state index >= 15 is 0 Å². The van der Waals surface area contributed by atoms with Crippen molar-refractivity contribution in [2.24, 2.45) is 0 Å². The van der Waals surface area contributed by atoms with E-state index in [2.05, 4.69) is 107 Å². The standard InChI is InChI=1S/C23H16FN2.C13H12FN2.C12H8F2NO.C12H9FNO.2C11H6F2N.C11H7FN.C5H10O2.6Ir/c24-19-13-11-18(12-14-19)23-17-22(15-16-25-23)26(20-7-3-1-4-8-20)21-9-5-2-6-10-21;1-16(2)12-7-8-15-13(9-12)10-3-5-11(14)6-4-10;1-16-9-4-5-15-12(7-9)10-3-2-8(13)6-11(10)14;1-15-11-6-7-14-12(8-11)9-2-4-10(13)5-3-9;2*12-8-4-5-9(10(13)7-8)11-3-1-2-6-14-11;12-10-6-4-9(5-7-10)11-3-1-2-8-13-11;1-4(6)3-5(2)7;;;;;;/h1-11,13-17H;3,5-9H,1-2H3;2,4-7H,1H3;2,4-8H,1H3;2*1-4,6-7H;1-4,6-8H;3-4,6-7H,1-2H3;;;;;;/q7*-1;;;;;;;. The molecule has 7 heterocycles. The molecule has 16 aromatic rings. The van der Waals surface area contributed by atoms with Crippen LogP contribution < -0.4 is 19.3 Å². The van der Waals surface area contributed by atoms with Gasteiger partial charge in [0, 0.05) is 259 Å². The summed E-state index contributed by atoms with van der Waals surface area (Å²) in [6.07, 6.45) is 12.3. The number of para-hydroxylation sites is 2. The maximum Gasteiger partial charge on any atom is 0.113 e. The Morgan fingerprint density at radius 2 is 0.606 bits per heavy atom. The van der Waals surface area contributed by atoms with Crippen LogP contribution in [0.1, 0.15) is 13.8 Å². The number of aromatic nitrogens is 7. The molecule has 6 radical (unpaired) electrons. The van der Waals surface area contributed by atoms with E-state index in [0.717, 1.165) is 104 Å². The van der Waals surface area contributed by atoms with Gasteiger partial charge in [-0.3, -0.25) is 43.9 Å². The van der Waals surface area contributed by atoms with Crippen molar-refractivity contribution in [2.45, 2.75) is 20.0 Å². The number of rotatable bonds is 14. The zero-order valence-corrected chi connectivity index (χ0v) is 82.1. The van der Waals surface area contributed by atoms with Gasteiger partial charge >= 0.3 is 0 Å². The molecule has 13 nitrogen and oxygen atoms in total. The van der Waals surface area contributed by atoms with Crippen LogP contribution in [0.3, 0.4) is 0 Å². The van der Waals surface area contributed by atoms with Crippen LogP contribution in [0.5, 0.6) is 11.5 Å². The molecular formula is C98H74F10Ir6N9O4-7. The van der Waals surface area contributed by atoms with E-state index in [1.165, 1.54) is 74.8 Å². The van der Waals surface area contributed by atoms with E-state index in [1.54, 1.807) is 136 Å². The van der Waals surface area contributed by atoms with Crippen LogP contribution in [-0.4, -0.2) is 79.5 Å². The minimum atomic E-state index is -0.694. The number of methoxy groups -OCH3 is 2. The SMILES string of the molecule is CC(O)=CC(C)O.CN(C)c1ccnc(-c2[c-]cc(F)cc2)c1.COc1ccnc(-c2[c-]cc(F)cc2)c1.COc1ccnc(-c2[c-]cc(F)cc2F)c1.Fc1c[c-]c(-c2cc(N(c3ccccc3)c3ccccc3)ccn2)cc1.Fc1c[c-]c(-c2ccccn2)c(F)c1.Fc1c[c-]c(-c2ccccn2)c(F)c1.Fc1c[c-]c(-c2ccccn2)cc1.[Ir].[Ir].[Ir].[Ir].[Ir].[Ir]. The van der Waals surface area contributed by atoms with Gasteiger partial charge in [-0.15, -0.1) is 156 Å². The molecule has 0 saturated heterocycles. The number of halogens is 10. The smallest absolute Gasteiger partial charge is 0.113 e. The average molecular weight is 2790 g/mol. The molecule has 666 valence electrons. The number of aliphatic hydroxyl groups is 2. The minimum Gasteiger partial charge on any atom is -0.513 e. The van der Waals surface area contributed by atoms with Gasteiger partial charge in [-0.05, 0) is 139 Å². The summed E-state index contributed by atoms with van der Waals surface area (Å²) in [5.74, 6) is -3.66. The molecule has 0 spiro atoms. The summed E-state index contributed by atoms with van der Waals surface area (Å²) in [6, 6.07) is 92.9. The predicted octanol–water partition coefficient (Wildman–Crippen LogP) is 23.6. The monoisotopic (exact) mass is 2790 g/mol. The van der Waals surface area contributed by atoms with Crippen LogP contribution >= 0.6 is 0 Å². The predicted molar refractivity (Wildman–Crippen MR) is 449 cm³/mol. The van der Waals surface area contributed by atoms with E-state index in [9.17, 15) is 43.9 Å². The number of hydrogen-bond donors (Lipinski definition) is 2. The van der Waals surface area contributed by atoms with E-state index in [1.807, 2.05) is 97.9 Å². The summed E-state index contributed by atoms with van der Waals surface area (Å²) < 4.78 is 139. The topological polar surface area (TPSA) is 156 Å². The van der Waals surface area contributed by atoms with Crippen LogP contribution in [0.25, 0.3) is 78.8 Å². The second-order valence-electron chi connectivity index (χ2n) is 25.4. The van der Waals surface area contributed by atoms with Gasteiger partial charge in [0.25, 0.3) is 0 Å². The van der Waals surface area contributed by atoms with Gasteiger partial charge in [0.05, 0.1) is 26.1 Å². The fraction of sp³-hybridized carbons (Fsp3) is 0.0714. The molecular weight excluding hydrogens is 2710 g/mol. The summed E-state index contributed by atoms with van der Waals surface area (Å²) >= 11 is 0. The molecule has 2 N–H and O–H groups in total.